The van der Waals surface area contributed by atoms with E-state index in [2.05, 4.69) is 5.18 Å². The first-order valence-corrected chi connectivity index (χ1v) is 7.70. The Bertz CT molecular complexity index is 552. The van der Waals surface area contributed by atoms with Gasteiger partial charge in [-0.15, -0.1) is 0 Å². The molecule has 1 unspecified atom stereocenters. The van der Waals surface area contributed by atoms with Gasteiger partial charge in [0.05, 0.1) is 0 Å². The number of phenolic OH excluding ortho intramolecular Hbond substituents is 1. The van der Waals surface area contributed by atoms with Gasteiger partial charge >= 0.3 is 0 Å². The van der Waals surface area contributed by atoms with Gasteiger partial charge in [0.2, 0.25) is 0 Å². The molecule has 0 heterocycles. The second kappa shape index (κ2) is 6.16. The number of likely N-dealkylation sites (N-methyl/N-ethyl adjacent to an activating group) is 1. The van der Waals surface area contributed by atoms with E-state index < -0.39 is 17.1 Å². The van der Waals surface area contributed by atoms with Gasteiger partial charge in [0.25, 0.3) is 5.91 Å². The van der Waals surface area contributed by atoms with Crippen LogP contribution in [0.4, 0.5) is 0 Å². The molecule has 0 amide bonds. The average Bonchev–Trinajstić information content (AvgIpc) is 2.55. The topological polar surface area (TPSA) is 114 Å². The van der Waals surface area contributed by atoms with Crippen molar-refractivity contribution < 1.29 is 20.4 Å². The fourth-order valence-electron chi connectivity index (χ4n) is 3.46. The number of aliphatic hydroxyl groups is 3. The lowest BCUT2D eigenvalue weighted by molar-refractivity contribution is -0.365. The van der Waals surface area contributed by atoms with Crippen LogP contribution in [0.15, 0.2) is 29.4 Å². The Labute approximate surface area is 135 Å². The molecule has 1 saturated carbocycles. The van der Waals surface area contributed by atoms with Gasteiger partial charge in [-0.1, -0.05) is 36.6 Å². The van der Waals surface area contributed by atoms with Crippen LogP contribution in [0, 0.1) is 4.91 Å². The minimum atomic E-state index is -2.71. The van der Waals surface area contributed by atoms with Crippen LogP contribution < -0.4 is 0 Å². The van der Waals surface area contributed by atoms with Crippen molar-refractivity contribution in [3.63, 3.8) is 0 Å². The van der Waals surface area contributed by atoms with E-state index in [0.29, 0.717) is 12.8 Å². The number of aromatic hydroxyl groups is 1. The summed E-state index contributed by atoms with van der Waals surface area (Å²) < 4.78 is 0. The van der Waals surface area contributed by atoms with Crippen LogP contribution in [-0.2, 0) is 5.60 Å². The van der Waals surface area contributed by atoms with Crippen LogP contribution in [0.3, 0.4) is 0 Å². The minimum Gasteiger partial charge on any atom is -0.508 e. The van der Waals surface area contributed by atoms with E-state index in [9.17, 15) is 25.3 Å². The van der Waals surface area contributed by atoms with Crippen LogP contribution in [-0.4, -0.2) is 50.9 Å². The van der Waals surface area contributed by atoms with Crippen molar-refractivity contribution in [3.05, 3.63) is 34.7 Å². The first kappa shape index (κ1) is 17.8. The highest BCUT2D eigenvalue weighted by Gasteiger charge is 2.65. The second-order valence-corrected chi connectivity index (χ2v) is 6.47. The van der Waals surface area contributed by atoms with Gasteiger partial charge in [0.15, 0.2) is 5.60 Å². The quantitative estimate of drug-likeness (QED) is 0.479. The third-order valence-electron chi connectivity index (χ3n) is 4.92. The van der Waals surface area contributed by atoms with Crippen LogP contribution in [0.5, 0.6) is 5.75 Å². The predicted molar refractivity (Wildman–Crippen MR) is 84.5 cm³/mol. The first-order valence-electron chi connectivity index (χ1n) is 7.70. The van der Waals surface area contributed by atoms with Gasteiger partial charge < -0.3 is 20.4 Å². The summed E-state index contributed by atoms with van der Waals surface area (Å²) in [4.78, 5) is 12.8. The van der Waals surface area contributed by atoms with Gasteiger partial charge in [-0.05, 0) is 44.6 Å². The van der Waals surface area contributed by atoms with Crippen molar-refractivity contribution in [1.29, 1.82) is 0 Å². The molecular formula is C16H24N2O5. The lowest BCUT2D eigenvalue weighted by Gasteiger charge is -2.52. The molecule has 4 N–H and O–H groups in total. The van der Waals surface area contributed by atoms with Crippen molar-refractivity contribution in [3.8, 4) is 5.75 Å². The molecule has 7 nitrogen and oxygen atoms in total. The molecule has 0 saturated heterocycles. The normalized spacial score (nSPS) is 21.0. The molecule has 1 aliphatic carbocycles. The van der Waals surface area contributed by atoms with Gasteiger partial charge in [0, 0.05) is 0 Å². The minimum absolute atomic E-state index is 0.0285. The number of phenols is 1. The molecule has 1 aliphatic rings. The van der Waals surface area contributed by atoms with Gasteiger partial charge in [-0.25, -0.2) is 0 Å². The lowest BCUT2D eigenvalue weighted by atomic mass is 9.65. The largest absolute Gasteiger partial charge is 0.508 e. The molecule has 7 heteroatoms. The number of hydrogen-bond acceptors (Lipinski definition) is 7. The third-order valence-corrected chi connectivity index (χ3v) is 4.92. The van der Waals surface area contributed by atoms with Crippen LogP contribution in [0.1, 0.15) is 37.7 Å². The Morgan fingerprint density at radius 1 is 1.04 bits per heavy atom. The van der Waals surface area contributed by atoms with E-state index in [1.807, 2.05) is 0 Å². The van der Waals surface area contributed by atoms with Crippen molar-refractivity contribution in [2.24, 2.45) is 5.18 Å². The van der Waals surface area contributed by atoms with Gasteiger partial charge in [0.1, 0.15) is 11.3 Å². The van der Waals surface area contributed by atoms with Crippen molar-refractivity contribution in [1.82, 2.24) is 4.90 Å². The molecular weight excluding hydrogens is 300 g/mol. The Morgan fingerprint density at radius 3 is 2.00 bits per heavy atom. The second-order valence-electron chi connectivity index (χ2n) is 6.47. The summed E-state index contributed by atoms with van der Waals surface area (Å²) in [7, 11) is 2.79. The number of hydrogen-bond donors (Lipinski definition) is 4. The maximum Gasteiger partial charge on any atom is 0.261 e. The number of nitroso groups, excluding NO2 is 1. The molecule has 128 valence electrons. The molecule has 1 aromatic rings. The van der Waals surface area contributed by atoms with E-state index in [-0.39, 0.29) is 24.2 Å². The van der Waals surface area contributed by atoms with E-state index in [1.165, 1.54) is 38.4 Å². The molecule has 1 aromatic carbocycles. The highest BCUT2D eigenvalue weighted by molar-refractivity contribution is 5.35. The molecule has 2 rings (SSSR count). The summed E-state index contributed by atoms with van der Waals surface area (Å²) in [5.74, 6) is -2.74. The molecule has 0 aliphatic heterocycles. The van der Waals surface area contributed by atoms with E-state index in [4.69, 9.17) is 0 Å². The zero-order valence-corrected chi connectivity index (χ0v) is 13.4. The lowest BCUT2D eigenvalue weighted by Crippen LogP contribution is -2.70. The molecule has 0 spiro atoms. The fourth-order valence-corrected chi connectivity index (χ4v) is 3.46. The molecule has 0 bridgehead atoms. The smallest absolute Gasteiger partial charge is 0.261 e. The zero-order chi connectivity index (χ0) is 17.3. The molecule has 23 heavy (non-hydrogen) atoms. The summed E-state index contributed by atoms with van der Waals surface area (Å²) in [6.45, 7) is 0. The summed E-state index contributed by atoms with van der Waals surface area (Å²) >= 11 is 0. The highest BCUT2D eigenvalue weighted by Crippen LogP contribution is 2.51. The Balaban J connectivity index is 2.68. The molecule has 0 aromatic heterocycles. The fraction of sp³-hybridized carbons (Fsp3) is 0.625. The molecule has 1 atom stereocenters. The third kappa shape index (κ3) is 2.63. The van der Waals surface area contributed by atoms with Gasteiger partial charge in [-0.3, -0.25) is 4.90 Å². The molecule has 1 fully saturated rings. The Hall–Kier alpha value is -1.54. The van der Waals surface area contributed by atoms with Crippen molar-refractivity contribution in [2.75, 3.05) is 14.1 Å². The molecule has 0 radical (unpaired) electrons. The van der Waals surface area contributed by atoms with Crippen molar-refractivity contribution in [2.45, 2.75) is 49.2 Å². The Morgan fingerprint density at radius 2 is 1.57 bits per heavy atom. The van der Waals surface area contributed by atoms with E-state index >= 15 is 0 Å². The summed E-state index contributed by atoms with van der Waals surface area (Å²) in [6.07, 6.45) is 2.73. The number of rotatable bonds is 5. The Kier molecular flexibility index (Phi) is 4.77. The van der Waals surface area contributed by atoms with E-state index in [1.54, 1.807) is 0 Å². The predicted octanol–water partition coefficient (Wildman–Crippen LogP) is 1.25. The van der Waals surface area contributed by atoms with E-state index in [0.717, 1.165) is 11.3 Å². The average molecular weight is 324 g/mol. The van der Waals surface area contributed by atoms with Gasteiger partial charge in [-0.2, -0.15) is 4.91 Å². The summed E-state index contributed by atoms with van der Waals surface area (Å²) in [5, 5.41) is 45.4. The van der Waals surface area contributed by atoms with Crippen LogP contribution in [0.2, 0.25) is 0 Å². The number of nitrogens with zero attached hydrogens (tertiary/aromatic N) is 2. The summed E-state index contributed by atoms with van der Waals surface area (Å²) in [5.41, 5.74) is -3.77. The summed E-state index contributed by atoms with van der Waals surface area (Å²) in [6, 6.07) is 5.41. The van der Waals surface area contributed by atoms with Crippen LogP contribution in [0.25, 0.3) is 0 Å². The first-order chi connectivity index (χ1) is 10.7. The SMILES string of the molecule is CN(C)C(O)(O)C(O)(c1ccc(O)cc1)C1(N=O)CCCCC1. The van der Waals surface area contributed by atoms with Crippen LogP contribution >= 0.6 is 0 Å². The highest BCUT2D eigenvalue weighted by atomic mass is 16.6. The zero-order valence-electron chi connectivity index (χ0n) is 13.4. The van der Waals surface area contributed by atoms with Crippen molar-refractivity contribution >= 4 is 0 Å². The number of benzene rings is 1. The standard InChI is InChI=1S/C16H24N2O5/c1-18(2)16(21,22)15(20,12-6-8-13(19)9-7-12)14(17-23)10-4-3-5-11-14/h6-9,19-22H,3-5,10-11H2,1-2H3. The maximum absolute atomic E-state index is 11.7. The maximum atomic E-state index is 11.7. The monoisotopic (exact) mass is 324 g/mol.